The van der Waals surface area contributed by atoms with Crippen molar-refractivity contribution in [3.63, 3.8) is 0 Å². The number of hydrogen-bond acceptors (Lipinski definition) is 2. The molecular weight excluding hydrogens is 224 g/mol. The van der Waals surface area contributed by atoms with Crippen LogP contribution in [0.2, 0.25) is 0 Å². The van der Waals surface area contributed by atoms with Crippen LogP contribution in [0.4, 0.5) is 0 Å². The number of imidazole rings is 1. The second kappa shape index (κ2) is 4.41. The van der Waals surface area contributed by atoms with Crippen LogP contribution in [0.15, 0.2) is 36.8 Å². The van der Waals surface area contributed by atoms with E-state index in [0.717, 1.165) is 16.8 Å². The SMILES string of the molecule is CC(=O)c1ccccc1-c1cncn1C(C)(C)C. The second-order valence-corrected chi connectivity index (χ2v) is 5.42. The molecule has 3 heteroatoms. The van der Waals surface area contributed by atoms with Crippen LogP contribution >= 0.6 is 0 Å². The van der Waals surface area contributed by atoms with Gasteiger partial charge in [-0.2, -0.15) is 0 Å². The Kier molecular flexibility index (Phi) is 3.07. The summed E-state index contributed by atoms with van der Waals surface area (Å²) in [5.74, 6) is 0.0762. The molecule has 0 atom stereocenters. The number of carbonyl (C=O) groups excluding carboxylic acids is 1. The van der Waals surface area contributed by atoms with Crippen LogP contribution in [0.5, 0.6) is 0 Å². The molecule has 0 saturated heterocycles. The molecule has 0 saturated carbocycles. The number of benzene rings is 1. The maximum absolute atomic E-state index is 11.7. The van der Waals surface area contributed by atoms with E-state index in [1.807, 2.05) is 36.8 Å². The van der Waals surface area contributed by atoms with Crippen LogP contribution in [-0.4, -0.2) is 15.3 Å². The van der Waals surface area contributed by atoms with Gasteiger partial charge in [-0.3, -0.25) is 4.79 Å². The topological polar surface area (TPSA) is 34.9 Å². The van der Waals surface area contributed by atoms with Crippen molar-refractivity contribution in [1.29, 1.82) is 0 Å². The van der Waals surface area contributed by atoms with E-state index in [1.54, 1.807) is 6.92 Å². The summed E-state index contributed by atoms with van der Waals surface area (Å²) >= 11 is 0. The molecule has 0 aliphatic carbocycles. The van der Waals surface area contributed by atoms with E-state index in [-0.39, 0.29) is 11.3 Å². The Labute approximate surface area is 107 Å². The summed E-state index contributed by atoms with van der Waals surface area (Å²) in [6.07, 6.45) is 3.62. The summed E-state index contributed by atoms with van der Waals surface area (Å²) in [7, 11) is 0. The van der Waals surface area contributed by atoms with Crippen molar-refractivity contribution in [2.45, 2.75) is 33.2 Å². The molecule has 0 amide bonds. The van der Waals surface area contributed by atoms with Gasteiger partial charge in [0.1, 0.15) is 0 Å². The molecule has 0 spiro atoms. The Bertz CT molecular complexity index is 576. The molecule has 0 aliphatic heterocycles. The van der Waals surface area contributed by atoms with Crippen LogP contribution < -0.4 is 0 Å². The molecule has 0 radical (unpaired) electrons. The van der Waals surface area contributed by atoms with Crippen molar-refractivity contribution in [3.8, 4) is 11.3 Å². The van der Waals surface area contributed by atoms with Crippen LogP contribution in [0.25, 0.3) is 11.3 Å². The summed E-state index contributed by atoms with van der Waals surface area (Å²) < 4.78 is 2.09. The lowest BCUT2D eigenvalue weighted by atomic mass is 10.0. The van der Waals surface area contributed by atoms with E-state index >= 15 is 0 Å². The van der Waals surface area contributed by atoms with Crippen molar-refractivity contribution in [2.75, 3.05) is 0 Å². The summed E-state index contributed by atoms with van der Waals surface area (Å²) in [4.78, 5) is 15.9. The predicted octanol–water partition coefficient (Wildman–Crippen LogP) is 3.51. The normalized spacial score (nSPS) is 11.6. The molecule has 2 aromatic rings. The molecule has 0 N–H and O–H groups in total. The summed E-state index contributed by atoms with van der Waals surface area (Å²) in [5.41, 5.74) is 2.60. The fourth-order valence-electron chi connectivity index (χ4n) is 2.04. The number of rotatable bonds is 2. The van der Waals surface area contributed by atoms with E-state index in [9.17, 15) is 4.79 Å². The smallest absolute Gasteiger partial charge is 0.160 e. The third-order valence-electron chi connectivity index (χ3n) is 2.94. The first-order valence-corrected chi connectivity index (χ1v) is 6.04. The molecule has 2 rings (SSSR count). The Morgan fingerprint density at radius 2 is 1.89 bits per heavy atom. The monoisotopic (exact) mass is 242 g/mol. The van der Waals surface area contributed by atoms with Crippen LogP contribution in [0.3, 0.4) is 0 Å². The van der Waals surface area contributed by atoms with Crippen molar-refractivity contribution < 1.29 is 4.79 Å². The van der Waals surface area contributed by atoms with Gasteiger partial charge < -0.3 is 4.57 Å². The highest BCUT2D eigenvalue weighted by molar-refractivity contribution is 6.00. The molecule has 1 aromatic heterocycles. The third-order valence-corrected chi connectivity index (χ3v) is 2.94. The zero-order chi connectivity index (χ0) is 13.3. The molecule has 1 aromatic carbocycles. The number of carbonyl (C=O) groups is 1. The first-order chi connectivity index (χ1) is 8.41. The molecule has 0 bridgehead atoms. The number of nitrogens with zero attached hydrogens (tertiary/aromatic N) is 2. The van der Waals surface area contributed by atoms with Crippen LogP contribution in [0, 0.1) is 0 Å². The van der Waals surface area contributed by atoms with Gasteiger partial charge in [-0.05, 0) is 27.7 Å². The number of ketones is 1. The average molecular weight is 242 g/mol. The van der Waals surface area contributed by atoms with Gasteiger partial charge in [0, 0.05) is 16.7 Å². The zero-order valence-corrected chi connectivity index (χ0v) is 11.3. The highest BCUT2D eigenvalue weighted by atomic mass is 16.1. The highest BCUT2D eigenvalue weighted by Gasteiger charge is 2.19. The molecule has 94 valence electrons. The maximum atomic E-state index is 11.7. The molecule has 3 nitrogen and oxygen atoms in total. The molecular formula is C15H18N2O. The first kappa shape index (κ1) is 12.6. The van der Waals surface area contributed by atoms with Gasteiger partial charge in [0.05, 0.1) is 18.2 Å². The predicted molar refractivity (Wildman–Crippen MR) is 72.7 cm³/mol. The van der Waals surface area contributed by atoms with E-state index in [2.05, 4.69) is 30.3 Å². The standard InChI is InChI=1S/C15H18N2O/c1-11(18)12-7-5-6-8-13(12)14-9-16-10-17(14)15(2,3)4/h5-10H,1-4H3. The minimum absolute atomic E-state index is 0.0598. The molecule has 0 unspecified atom stereocenters. The number of hydrogen-bond donors (Lipinski definition) is 0. The highest BCUT2D eigenvalue weighted by Crippen LogP contribution is 2.28. The van der Waals surface area contributed by atoms with Crippen molar-refractivity contribution >= 4 is 5.78 Å². The van der Waals surface area contributed by atoms with E-state index in [1.165, 1.54) is 0 Å². The number of Topliss-reactive ketones (excluding diaryl/α,β-unsaturated/α-hetero) is 1. The third kappa shape index (κ3) is 2.21. The Balaban J connectivity index is 2.64. The fraction of sp³-hybridized carbons (Fsp3) is 0.333. The minimum atomic E-state index is -0.0598. The van der Waals surface area contributed by atoms with Gasteiger partial charge in [-0.25, -0.2) is 4.98 Å². The van der Waals surface area contributed by atoms with Gasteiger partial charge >= 0.3 is 0 Å². The Morgan fingerprint density at radius 1 is 1.22 bits per heavy atom. The van der Waals surface area contributed by atoms with Crippen molar-refractivity contribution in [3.05, 3.63) is 42.4 Å². The van der Waals surface area contributed by atoms with Crippen molar-refractivity contribution in [2.24, 2.45) is 0 Å². The number of aromatic nitrogens is 2. The van der Waals surface area contributed by atoms with Gasteiger partial charge in [0.15, 0.2) is 5.78 Å². The van der Waals surface area contributed by atoms with Crippen LogP contribution in [-0.2, 0) is 5.54 Å². The Morgan fingerprint density at radius 3 is 2.50 bits per heavy atom. The van der Waals surface area contributed by atoms with Crippen molar-refractivity contribution in [1.82, 2.24) is 9.55 Å². The fourth-order valence-corrected chi connectivity index (χ4v) is 2.04. The maximum Gasteiger partial charge on any atom is 0.160 e. The van der Waals surface area contributed by atoms with Gasteiger partial charge in [0.2, 0.25) is 0 Å². The largest absolute Gasteiger partial charge is 0.325 e. The second-order valence-electron chi connectivity index (χ2n) is 5.42. The minimum Gasteiger partial charge on any atom is -0.325 e. The van der Waals surface area contributed by atoms with E-state index in [0.29, 0.717) is 0 Å². The molecule has 1 heterocycles. The van der Waals surface area contributed by atoms with E-state index < -0.39 is 0 Å². The van der Waals surface area contributed by atoms with Gasteiger partial charge in [-0.1, -0.05) is 24.3 Å². The zero-order valence-electron chi connectivity index (χ0n) is 11.3. The quantitative estimate of drug-likeness (QED) is 0.755. The van der Waals surface area contributed by atoms with Gasteiger partial charge in [0.25, 0.3) is 0 Å². The van der Waals surface area contributed by atoms with Gasteiger partial charge in [-0.15, -0.1) is 0 Å². The lowest BCUT2D eigenvalue weighted by Gasteiger charge is -2.24. The molecule has 18 heavy (non-hydrogen) atoms. The first-order valence-electron chi connectivity index (χ1n) is 6.04. The summed E-state index contributed by atoms with van der Waals surface area (Å²) in [6.45, 7) is 7.95. The van der Waals surface area contributed by atoms with Crippen LogP contribution in [0.1, 0.15) is 38.1 Å². The molecule has 0 fully saturated rings. The van der Waals surface area contributed by atoms with E-state index in [4.69, 9.17) is 0 Å². The average Bonchev–Trinajstić information content (AvgIpc) is 2.77. The summed E-state index contributed by atoms with van der Waals surface area (Å²) in [5, 5.41) is 0. The lowest BCUT2D eigenvalue weighted by molar-refractivity contribution is 0.101. The lowest BCUT2D eigenvalue weighted by Crippen LogP contribution is -2.22. The Hall–Kier alpha value is -1.90. The summed E-state index contributed by atoms with van der Waals surface area (Å²) in [6, 6.07) is 7.66. The molecule has 0 aliphatic rings.